The van der Waals surface area contributed by atoms with Crippen molar-refractivity contribution in [2.75, 3.05) is 23.4 Å². The fraction of sp³-hybridized carbons (Fsp3) is 0.375. The van der Waals surface area contributed by atoms with Crippen LogP contribution in [0.3, 0.4) is 0 Å². The summed E-state index contributed by atoms with van der Waals surface area (Å²) >= 11 is 6.32. The van der Waals surface area contributed by atoms with Crippen molar-refractivity contribution in [1.82, 2.24) is 4.90 Å². The van der Waals surface area contributed by atoms with Crippen LogP contribution in [0.5, 0.6) is 5.75 Å². The fourth-order valence-electron chi connectivity index (χ4n) is 6.29. The van der Waals surface area contributed by atoms with Gasteiger partial charge in [-0.3, -0.25) is 19.3 Å². The monoisotopic (exact) mass is 451 g/mol. The molecule has 2 aromatic rings. The molecule has 1 N–H and O–H groups in total. The van der Waals surface area contributed by atoms with Crippen LogP contribution in [-0.2, 0) is 19.9 Å². The molecule has 2 aromatic carbocycles. The maximum absolute atomic E-state index is 13.9. The topological polar surface area (TPSA) is 79.0 Å². The Labute approximate surface area is 190 Å². The first kappa shape index (κ1) is 19.8. The number of amides is 3. The number of hydrogen-bond donors (Lipinski definition) is 1. The van der Waals surface area contributed by atoms with Gasteiger partial charge in [0.15, 0.2) is 0 Å². The Balaban J connectivity index is 1.49. The highest BCUT2D eigenvalue weighted by atomic mass is 35.5. The van der Waals surface area contributed by atoms with Gasteiger partial charge in [-0.25, -0.2) is 4.90 Å². The van der Waals surface area contributed by atoms with E-state index in [1.165, 1.54) is 4.90 Å². The second-order valence-electron chi connectivity index (χ2n) is 8.76. The van der Waals surface area contributed by atoms with Crippen LogP contribution in [0.25, 0.3) is 0 Å². The minimum Gasteiger partial charge on any atom is -0.494 e. The van der Waals surface area contributed by atoms with Crippen molar-refractivity contribution in [1.29, 1.82) is 0 Å². The van der Waals surface area contributed by atoms with Crippen LogP contribution in [0.1, 0.15) is 25.3 Å². The molecule has 3 fully saturated rings. The molecule has 32 heavy (non-hydrogen) atoms. The maximum atomic E-state index is 13.9. The molecule has 0 aliphatic carbocycles. The molecular weight excluding hydrogens is 430 g/mol. The van der Waals surface area contributed by atoms with E-state index < -0.39 is 17.4 Å². The molecule has 4 atom stereocenters. The zero-order valence-electron chi connectivity index (χ0n) is 17.5. The lowest BCUT2D eigenvalue weighted by Crippen LogP contribution is -2.54. The summed E-state index contributed by atoms with van der Waals surface area (Å²) in [5, 5.41) is 3.46. The summed E-state index contributed by atoms with van der Waals surface area (Å²) in [6.45, 7) is 3.09. The molecule has 1 spiro atoms. The number of rotatable bonds is 3. The van der Waals surface area contributed by atoms with Crippen LogP contribution in [-0.4, -0.2) is 41.8 Å². The van der Waals surface area contributed by atoms with Crippen LogP contribution >= 0.6 is 11.6 Å². The Hall–Kier alpha value is -2.90. The summed E-state index contributed by atoms with van der Waals surface area (Å²) < 4.78 is 5.49. The standard InChI is InChI=1S/C24H22ClN3O4/c1-2-32-15-8-6-14(7-9-15)28-21(29)19-18-4-3-11-27(18)24(20(19)22(28)30)16-12-13(25)5-10-17(16)26-23(24)31/h5-10,12,18-20H,2-4,11H2,1H3,(H,26,31). The number of fused-ring (bicyclic) bond motifs is 7. The van der Waals surface area contributed by atoms with E-state index in [1.54, 1.807) is 42.5 Å². The van der Waals surface area contributed by atoms with Gasteiger partial charge in [-0.15, -0.1) is 0 Å². The van der Waals surface area contributed by atoms with Crippen LogP contribution in [0.15, 0.2) is 42.5 Å². The van der Waals surface area contributed by atoms with E-state index in [1.807, 2.05) is 6.92 Å². The summed E-state index contributed by atoms with van der Waals surface area (Å²) in [6.07, 6.45) is 1.66. The van der Waals surface area contributed by atoms with E-state index in [2.05, 4.69) is 10.2 Å². The Morgan fingerprint density at radius 2 is 1.91 bits per heavy atom. The predicted molar refractivity (Wildman–Crippen MR) is 119 cm³/mol. The summed E-state index contributed by atoms with van der Waals surface area (Å²) in [6, 6.07) is 12.1. The molecule has 4 unspecified atom stereocenters. The average Bonchev–Trinajstić information content (AvgIpc) is 3.48. The van der Waals surface area contributed by atoms with Crippen molar-refractivity contribution in [2.24, 2.45) is 11.8 Å². The van der Waals surface area contributed by atoms with E-state index in [9.17, 15) is 14.4 Å². The largest absolute Gasteiger partial charge is 0.494 e. The Kier molecular flexibility index (Phi) is 4.20. The third-order valence-electron chi connectivity index (χ3n) is 7.36. The molecule has 6 rings (SSSR count). The summed E-state index contributed by atoms with van der Waals surface area (Å²) in [7, 11) is 0. The van der Waals surface area contributed by atoms with Gasteiger partial charge in [-0.05, 0) is 68.8 Å². The van der Waals surface area contributed by atoms with E-state index in [0.29, 0.717) is 40.9 Å². The quantitative estimate of drug-likeness (QED) is 0.725. The molecule has 4 aliphatic rings. The molecule has 3 saturated heterocycles. The summed E-state index contributed by atoms with van der Waals surface area (Å²) in [5.74, 6) is -1.49. The molecule has 4 heterocycles. The molecule has 8 heteroatoms. The molecule has 0 radical (unpaired) electrons. The smallest absolute Gasteiger partial charge is 0.250 e. The number of benzene rings is 2. The summed E-state index contributed by atoms with van der Waals surface area (Å²) in [5.41, 5.74) is 0.649. The molecule has 0 bridgehead atoms. The highest BCUT2D eigenvalue weighted by molar-refractivity contribution is 6.31. The van der Waals surface area contributed by atoms with Gasteiger partial charge in [0.2, 0.25) is 17.7 Å². The number of anilines is 2. The number of carbonyl (C=O) groups is 3. The van der Waals surface area contributed by atoms with Gasteiger partial charge in [0.05, 0.1) is 24.1 Å². The van der Waals surface area contributed by atoms with Gasteiger partial charge in [0.1, 0.15) is 11.3 Å². The number of imide groups is 1. The van der Waals surface area contributed by atoms with Gasteiger partial charge >= 0.3 is 0 Å². The highest BCUT2D eigenvalue weighted by Gasteiger charge is 2.74. The van der Waals surface area contributed by atoms with Crippen molar-refractivity contribution in [2.45, 2.75) is 31.3 Å². The van der Waals surface area contributed by atoms with E-state index in [0.717, 1.165) is 12.8 Å². The molecule has 164 valence electrons. The lowest BCUT2D eigenvalue weighted by Gasteiger charge is -2.36. The molecular formula is C24H22ClN3O4. The van der Waals surface area contributed by atoms with E-state index in [4.69, 9.17) is 16.3 Å². The lowest BCUT2D eigenvalue weighted by molar-refractivity contribution is -0.135. The van der Waals surface area contributed by atoms with Crippen LogP contribution in [0, 0.1) is 11.8 Å². The van der Waals surface area contributed by atoms with Gasteiger partial charge in [0, 0.05) is 22.3 Å². The number of halogens is 1. The number of carbonyl (C=O) groups excluding carboxylic acids is 3. The number of nitrogens with one attached hydrogen (secondary N) is 1. The van der Waals surface area contributed by atoms with Crippen LogP contribution in [0.4, 0.5) is 11.4 Å². The van der Waals surface area contributed by atoms with Gasteiger partial charge in [-0.2, -0.15) is 0 Å². The Bertz CT molecular complexity index is 1170. The Morgan fingerprint density at radius 1 is 1.12 bits per heavy atom. The summed E-state index contributed by atoms with van der Waals surface area (Å²) in [4.78, 5) is 44.5. The molecule has 7 nitrogen and oxygen atoms in total. The molecule has 0 saturated carbocycles. The van der Waals surface area contributed by atoms with Gasteiger partial charge in [0.25, 0.3) is 0 Å². The van der Waals surface area contributed by atoms with Crippen molar-refractivity contribution in [3.63, 3.8) is 0 Å². The number of ether oxygens (including phenoxy) is 1. The van der Waals surface area contributed by atoms with Crippen molar-refractivity contribution < 1.29 is 19.1 Å². The maximum Gasteiger partial charge on any atom is 0.250 e. The highest BCUT2D eigenvalue weighted by Crippen LogP contribution is 2.60. The zero-order chi connectivity index (χ0) is 22.2. The van der Waals surface area contributed by atoms with Crippen LogP contribution < -0.4 is 15.0 Å². The Morgan fingerprint density at radius 3 is 2.66 bits per heavy atom. The predicted octanol–water partition coefficient (Wildman–Crippen LogP) is 3.17. The van der Waals surface area contributed by atoms with Gasteiger partial charge < -0.3 is 10.1 Å². The third kappa shape index (κ3) is 2.33. The van der Waals surface area contributed by atoms with Crippen molar-refractivity contribution in [3.8, 4) is 5.75 Å². The van der Waals surface area contributed by atoms with E-state index in [-0.39, 0.29) is 23.8 Å². The normalized spacial score (nSPS) is 30.6. The second kappa shape index (κ2) is 6.80. The first-order valence-electron chi connectivity index (χ1n) is 11.0. The van der Waals surface area contributed by atoms with Gasteiger partial charge in [-0.1, -0.05) is 11.6 Å². The van der Waals surface area contributed by atoms with Crippen LogP contribution in [0.2, 0.25) is 5.02 Å². The third-order valence-corrected chi connectivity index (χ3v) is 7.60. The molecule has 0 aromatic heterocycles. The fourth-order valence-corrected chi connectivity index (χ4v) is 6.46. The minimum atomic E-state index is -1.21. The first-order valence-corrected chi connectivity index (χ1v) is 11.3. The van der Waals surface area contributed by atoms with Crippen molar-refractivity contribution >= 4 is 40.7 Å². The number of nitrogens with zero attached hydrogens (tertiary/aromatic N) is 2. The SMILES string of the molecule is CCOc1ccc(N2C(=O)C3C4CCCN4C4(C(=O)Nc5ccc(Cl)cc54)C3C2=O)cc1. The lowest BCUT2D eigenvalue weighted by atomic mass is 9.75. The zero-order valence-corrected chi connectivity index (χ0v) is 18.3. The first-order chi connectivity index (χ1) is 15.5. The average molecular weight is 452 g/mol. The second-order valence-corrected chi connectivity index (χ2v) is 9.19. The molecule has 3 amide bonds. The van der Waals surface area contributed by atoms with Crippen molar-refractivity contribution in [3.05, 3.63) is 53.1 Å². The number of hydrogen-bond acceptors (Lipinski definition) is 5. The molecule has 4 aliphatic heterocycles. The minimum absolute atomic E-state index is 0.153. The van der Waals surface area contributed by atoms with E-state index >= 15 is 0 Å².